The van der Waals surface area contributed by atoms with E-state index in [1.54, 1.807) is 18.1 Å². The Kier molecular flexibility index (Phi) is 6.41. The fourth-order valence-corrected chi connectivity index (χ4v) is 4.46. The summed E-state index contributed by atoms with van der Waals surface area (Å²) in [7, 11) is -1.83. The van der Waals surface area contributed by atoms with Crippen LogP contribution in [-0.4, -0.2) is 45.2 Å². The topological polar surface area (TPSA) is 72.9 Å². The minimum atomic E-state index is -3.45. The van der Waals surface area contributed by atoms with E-state index in [0.29, 0.717) is 18.8 Å². The zero-order chi connectivity index (χ0) is 22.1. The largest absolute Gasteiger partial charge is 0.497 e. The van der Waals surface area contributed by atoms with Gasteiger partial charge in [0.05, 0.1) is 23.7 Å². The van der Waals surface area contributed by atoms with Gasteiger partial charge < -0.3 is 14.4 Å². The summed E-state index contributed by atoms with van der Waals surface area (Å²) < 4.78 is 35.3. The first kappa shape index (κ1) is 22.2. The molecular weight excluding hydrogens is 402 g/mol. The molecule has 1 aliphatic heterocycles. The molecule has 1 heterocycles. The van der Waals surface area contributed by atoms with Crippen LogP contribution in [0.15, 0.2) is 41.3 Å². The second-order valence-corrected chi connectivity index (χ2v) is 9.97. The van der Waals surface area contributed by atoms with Crippen molar-refractivity contribution in [1.29, 1.82) is 0 Å². The summed E-state index contributed by atoms with van der Waals surface area (Å²) in [4.78, 5) is 15.4. The van der Waals surface area contributed by atoms with Gasteiger partial charge in [0.1, 0.15) is 11.5 Å². The van der Waals surface area contributed by atoms with Crippen molar-refractivity contribution in [2.45, 2.75) is 50.7 Å². The Morgan fingerprint density at radius 2 is 1.93 bits per heavy atom. The van der Waals surface area contributed by atoms with Crippen LogP contribution in [0, 0.1) is 0 Å². The molecule has 2 aromatic rings. The molecule has 162 valence electrons. The lowest BCUT2D eigenvalue weighted by Gasteiger charge is -2.35. The Labute approximate surface area is 178 Å². The van der Waals surface area contributed by atoms with Gasteiger partial charge in [-0.1, -0.05) is 13.0 Å². The van der Waals surface area contributed by atoms with Gasteiger partial charge in [0.15, 0.2) is 9.84 Å². The average Bonchev–Trinajstić information content (AvgIpc) is 2.70. The third-order valence-electron chi connectivity index (χ3n) is 5.34. The molecule has 0 saturated carbocycles. The van der Waals surface area contributed by atoms with Gasteiger partial charge in [-0.25, -0.2) is 8.42 Å². The van der Waals surface area contributed by atoms with E-state index in [1.165, 1.54) is 17.7 Å². The molecule has 2 aromatic carbocycles. The Morgan fingerprint density at radius 1 is 1.20 bits per heavy atom. The molecule has 0 fully saturated rings. The maximum atomic E-state index is 13.5. The van der Waals surface area contributed by atoms with Gasteiger partial charge in [-0.2, -0.15) is 0 Å². The van der Waals surface area contributed by atoms with E-state index in [-0.39, 0.29) is 28.4 Å². The van der Waals surface area contributed by atoms with Crippen molar-refractivity contribution < 1.29 is 22.7 Å². The number of carbonyl (C=O) groups is 1. The van der Waals surface area contributed by atoms with E-state index >= 15 is 0 Å². The smallest absolute Gasteiger partial charge is 0.257 e. The molecular formula is C23H29NO5S. The maximum absolute atomic E-state index is 13.5. The lowest BCUT2D eigenvalue weighted by molar-refractivity contribution is 0.0709. The Bertz CT molecular complexity index is 1050. The van der Waals surface area contributed by atoms with Crippen LogP contribution in [0.4, 0.5) is 0 Å². The first-order chi connectivity index (χ1) is 14.1. The van der Waals surface area contributed by atoms with Crippen LogP contribution in [0.25, 0.3) is 0 Å². The summed E-state index contributed by atoms with van der Waals surface area (Å²) in [6, 6.07) is 10.5. The van der Waals surface area contributed by atoms with Crippen LogP contribution in [-0.2, 0) is 16.4 Å². The number of rotatable bonds is 6. The number of carbonyl (C=O) groups excluding carboxylic acids is 1. The van der Waals surface area contributed by atoms with Crippen molar-refractivity contribution in [2.24, 2.45) is 0 Å². The number of sulfone groups is 1. The summed E-state index contributed by atoms with van der Waals surface area (Å²) >= 11 is 0. The molecule has 0 N–H and O–H groups in total. The van der Waals surface area contributed by atoms with E-state index in [2.05, 4.69) is 13.0 Å². The molecule has 1 aliphatic rings. The summed E-state index contributed by atoms with van der Waals surface area (Å²) in [5.41, 5.74) is 2.55. The molecule has 0 radical (unpaired) electrons. The van der Waals surface area contributed by atoms with E-state index in [1.807, 2.05) is 26.0 Å². The van der Waals surface area contributed by atoms with Crippen molar-refractivity contribution in [1.82, 2.24) is 4.90 Å². The summed E-state index contributed by atoms with van der Waals surface area (Å²) in [5.74, 6) is 1.12. The highest BCUT2D eigenvalue weighted by atomic mass is 32.2. The van der Waals surface area contributed by atoms with Crippen molar-refractivity contribution >= 4 is 15.7 Å². The first-order valence-corrected chi connectivity index (χ1v) is 12.0. The minimum Gasteiger partial charge on any atom is -0.497 e. The second kappa shape index (κ2) is 8.68. The van der Waals surface area contributed by atoms with Crippen molar-refractivity contribution in [2.75, 3.05) is 19.9 Å². The second-order valence-electron chi connectivity index (χ2n) is 7.95. The summed E-state index contributed by atoms with van der Waals surface area (Å²) in [6.07, 6.45) is 1.88. The zero-order valence-corrected chi connectivity index (χ0v) is 19.0. The van der Waals surface area contributed by atoms with E-state index in [0.717, 1.165) is 24.0 Å². The van der Waals surface area contributed by atoms with E-state index < -0.39 is 9.84 Å². The lowest BCUT2D eigenvalue weighted by atomic mass is 9.87. The predicted octanol–water partition coefficient (Wildman–Crippen LogP) is 4.04. The zero-order valence-electron chi connectivity index (χ0n) is 18.1. The number of benzene rings is 2. The van der Waals surface area contributed by atoms with Gasteiger partial charge in [-0.3, -0.25) is 4.79 Å². The highest BCUT2D eigenvalue weighted by Crippen LogP contribution is 2.35. The Hall–Kier alpha value is -2.54. The number of amides is 1. The number of methoxy groups -OCH3 is 1. The first-order valence-electron chi connectivity index (χ1n) is 10.1. The number of ether oxygens (including phenoxy) is 2. The molecule has 0 bridgehead atoms. The summed E-state index contributed by atoms with van der Waals surface area (Å²) in [6.45, 7) is 6.85. The van der Waals surface area contributed by atoms with Gasteiger partial charge in [0, 0.05) is 25.3 Å². The van der Waals surface area contributed by atoms with Gasteiger partial charge in [-0.15, -0.1) is 0 Å². The monoisotopic (exact) mass is 431 g/mol. The number of nitrogens with zero attached hydrogens (tertiary/aromatic N) is 1. The van der Waals surface area contributed by atoms with Crippen molar-refractivity contribution in [3.63, 3.8) is 0 Å². The molecule has 30 heavy (non-hydrogen) atoms. The number of hydrogen-bond donors (Lipinski definition) is 0. The minimum absolute atomic E-state index is 0.105. The number of fused-ring (bicyclic) bond motifs is 1. The molecule has 1 atom stereocenters. The lowest BCUT2D eigenvalue weighted by Crippen LogP contribution is -2.38. The van der Waals surface area contributed by atoms with Crippen LogP contribution >= 0.6 is 0 Å². The molecule has 7 heteroatoms. The highest BCUT2D eigenvalue weighted by molar-refractivity contribution is 7.90. The van der Waals surface area contributed by atoms with Crippen LogP contribution in [0.5, 0.6) is 11.5 Å². The maximum Gasteiger partial charge on any atom is 0.257 e. The van der Waals surface area contributed by atoms with Gasteiger partial charge in [0.25, 0.3) is 5.91 Å². The van der Waals surface area contributed by atoms with Crippen LogP contribution < -0.4 is 9.47 Å². The molecule has 0 spiro atoms. The molecule has 3 rings (SSSR count). The Morgan fingerprint density at radius 3 is 2.53 bits per heavy atom. The third-order valence-corrected chi connectivity index (χ3v) is 6.45. The molecule has 1 unspecified atom stereocenters. The van der Waals surface area contributed by atoms with Gasteiger partial charge in [-0.05, 0) is 61.7 Å². The fraction of sp³-hybridized carbons (Fsp3) is 0.435. The molecule has 0 aromatic heterocycles. The Balaban J connectivity index is 2.02. The van der Waals surface area contributed by atoms with Gasteiger partial charge in [0.2, 0.25) is 0 Å². The van der Waals surface area contributed by atoms with Crippen molar-refractivity contribution in [3.8, 4) is 11.5 Å². The number of hydrogen-bond acceptors (Lipinski definition) is 5. The molecule has 0 aliphatic carbocycles. The van der Waals surface area contributed by atoms with Crippen LogP contribution in [0.2, 0.25) is 0 Å². The van der Waals surface area contributed by atoms with Crippen molar-refractivity contribution in [3.05, 3.63) is 53.1 Å². The molecule has 6 nitrogen and oxygen atoms in total. The SMILES string of the molecule is CCC1CN(C(=O)c2cc(S(C)(=O)=O)ccc2OC(C)C)Cc2cc(OC)ccc21. The average molecular weight is 432 g/mol. The predicted molar refractivity (Wildman–Crippen MR) is 116 cm³/mol. The fourth-order valence-electron chi connectivity index (χ4n) is 3.82. The van der Waals surface area contributed by atoms with E-state index in [4.69, 9.17) is 9.47 Å². The van der Waals surface area contributed by atoms with Crippen LogP contribution in [0.1, 0.15) is 54.6 Å². The summed E-state index contributed by atoms with van der Waals surface area (Å²) in [5, 5.41) is 0. The van der Waals surface area contributed by atoms with Crippen LogP contribution in [0.3, 0.4) is 0 Å². The normalized spacial score (nSPS) is 16.3. The highest BCUT2D eigenvalue weighted by Gasteiger charge is 2.30. The van der Waals surface area contributed by atoms with E-state index in [9.17, 15) is 13.2 Å². The molecule has 0 saturated heterocycles. The quantitative estimate of drug-likeness (QED) is 0.690. The molecule has 1 amide bonds. The third kappa shape index (κ3) is 4.61. The standard InChI is InChI=1S/C23H29NO5S/c1-6-16-13-24(14-17-11-18(28-4)7-9-20(16)17)23(25)21-12-19(30(5,26)27)8-10-22(21)29-15(2)3/h7-12,15-16H,6,13-14H2,1-5H3. The van der Waals surface area contributed by atoms with Gasteiger partial charge >= 0.3 is 0 Å².